The van der Waals surface area contributed by atoms with Crippen LogP contribution in [-0.4, -0.2) is 85.5 Å². The zero-order valence-corrected chi connectivity index (χ0v) is 58.6. The Hall–Kier alpha value is -8.97. The highest BCUT2D eigenvalue weighted by Gasteiger charge is 2.64. The van der Waals surface area contributed by atoms with E-state index in [9.17, 15) is 35.1 Å². The van der Waals surface area contributed by atoms with Crippen molar-refractivity contribution in [2.45, 2.75) is 177 Å². The van der Waals surface area contributed by atoms with Crippen molar-refractivity contribution in [2.24, 2.45) is 45.8 Å². The molecule has 0 saturated heterocycles. The van der Waals surface area contributed by atoms with Gasteiger partial charge in [0.25, 0.3) is 0 Å². The fourth-order valence-electron chi connectivity index (χ4n) is 22.0. The molecule has 6 heterocycles. The molecule has 528 valence electrons. The summed E-state index contributed by atoms with van der Waals surface area (Å²) in [6, 6.07) is 19.6. The van der Waals surface area contributed by atoms with E-state index in [1.54, 1.807) is 18.2 Å². The van der Waals surface area contributed by atoms with E-state index in [4.69, 9.17) is 14.2 Å². The van der Waals surface area contributed by atoms with Gasteiger partial charge >= 0.3 is 5.97 Å². The van der Waals surface area contributed by atoms with Gasteiger partial charge in [-0.25, -0.2) is 0 Å². The Morgan fingerprint density at radius 1 is 0.853 bits per heavy atom. The SMILES string of the molecule is COc1cc2cc(O)c1Oc1cc(O)cc(c1)CC[C@H](CO)C[C@H]1CC[C@@]34CC[C@]5(C3)[C@H](O)c3ccc6c7cn(c(c37)[C@@H]5C=C[C@H]14)[C@H]2CC(=O)C[C@H](OC(C)=O)CC[C@@]12C3=CC=C[C@@H]1CC=C[C@@H]2c1c[nH]cc1[C@H](C#CC3)[C@@H](c1cccc(O)c1)C1=CCNC(=C1)N6CCC(=O)C1CCCCC1. The summed E-state index contributed by atoms with van der Waals surface area (Å²) in [6.07, 6.45) is 39.2. The van der Waals surface area contributed by atoms with Gasteiger partial charge in [0.2, 0.25) is 5.75 Å². The highest BCUT2D eigenvalue weighted by molar-refractivity contribution is 6.01. The number of aryl methyl sites for hydroxylation is 1. The number of fused-ring (bicyclic) bond motifs is 6. The number of esters is 1. The highest BCUT2D eigenvalue weighted by atomic mass is 16.5. The summed E-state index contributed by atoms with van der Waals surface area (Å²) in [5, 5.41) is 66.2. The van der Waals surface area contributed by atoms with Crippen LogP contribution in [0, 0.1) is 57.7 Å². The number of hydrogen-bond acceptors (Lipinski definition) is 13. The third kappa shape index (κ3) is 11.3. The molecule has 6 aromatic rings. The molecule has 8 aliphatic carbocycles. The number of phenolic OH excluding ortho intramolecular Hbond substituents is 3. The zero-order chi connectivity index (χ0) is 69.8. The van der Waals surface area contributed by atoms with E-state index in [2.05, 4.69) is 123 Å². The van der Waals surface area contributed by atoms with Gasteiger partial charge in [0, 0.05) is 128 Å². The summed E-state index contributed by atoms with van der Waals surface area (Å²) in [6.45, 7) is 2.19. The Morgan fingerprint density at radius 3 is 2.57 bits per heavy atom. The Kier molecular flexibility index (Phi) is 17.1. The number of carbonyl (C=O) groups excluding carboxylic acids is 3. The number of H-pyrrole nitrogens is 1. The second-order valence-electron chi connectivity index (χ2n) is 31.9. The third-order valence-electron chi connectivity index (χ3n) is 26.6. The summed E-state index contributed by atoms with van der Waals surface area (Å²) in [5.41, 5.74) is 7.87. The summed E-state index contributed by atoms with van der Waals surface area (Å²) in [4.78, 5) is 50.7. The number of benzene rings is 4. The molecule has 0 amide bonds. The van der Waals surface area contributed by atoms with E-state index in [1.165, 1.54) is 25.7 Å². The van der Waals surface area contributed by atoms with Gasteiger partial charge < -0.3 is 59.5 Å². The van der Waals surface area contributed by atoms with E-state index >= 15 is 4.79 Å². The van der Waals surface area contributed by atoms with E-state index < -0.39 is 46.9 Å². The standard InChI is InChI=1S/C87H94N4O11/c1-51(93)101-64-27-31-87-59-13-7-14-60(87)16-9-19-72(87)69-47-88-46-68(69)66(18-8-15-59)80(56-12-6-17-61(94)39-56)57-28-34-89-79(42-57)90(35-29-76(97)54-10-4-3-5-11-54)74-25-22-67-81-70(74)48-91-75(45-63(96)43-64)58-40-77(98)83(78(41-58)100-2)102-65-38-52(37-62(95)44-65)20-21-53(49-92)36-55-26-30-85-32-33-86(50-85,84(67)99)73(82(81)91)24-23-71(55)85/h6-7,9,12-14,17,19,22-25,28,37-42,44,46-48,53-55,60,64,66,71-73,75,80,84,88-89,92,94-95,98-99H,3-5,10-11,15-16,20-21,26-27,29-36,43,45,49-50H2,1-2H3/t53-,55+,60+,64+,66-,71+,72+,73-,75-,80-,84+,85+,86+,87+/m0/s1. The Bertz CT molecular complexity index is 4620. The highest BCUT2D eigenvalue weighted by Crippen LogP contribution is 2.73. The molecule has 15 heteroatoms. The van der Waals surface area contributed by atoms with E-state index in [0.29, 0.717) is 56.5 Å². The largest absolute Gasteiger partial charge is 0.508 e. The minimum atomic E-state index is -0.885. The fraction of sp³-hybridized carbons (Fsp3) is 0.460. The van der Waals surface area contributed by atoms with Gasteiger partial charge in [-0.05, 0) is 200 Å². The Morgan fingerprint density at radius 2 is 1.73 bits per heavy atom. The van der Waals surface area contributed by atoms with E-state index in [0.717, 1.165) is 138 Å². The van der Waals surface area contributed by atoms with Crippen molar-refractivity contribution < 1.29 is 54.1 Å². The normalized spacial score (nSPS) is 31.5. The molecule has 102 heavy (non-hydrogen) atoms. The second-order valence-corrected chi connectivity index (χ2v) is 31.9. The van der Waals surface area contributed by atoms with Crippen LogP contribution in [0.4, 0.5) is 5.69 Å². The number of aromatic nitrogens is 2. The lowest BCUT2D eigenvalue weighted by Crippen LogP contribution is -2.41. The minimum Gasteiger partial charge on any atom is -0.508 e. The maximum absolute atomic E-state index is 16.2. The van der Waals surface area contributed by atoms with Gasteiger partial charge in [-0.1, -0.05) is 103 Å². The molecule has 7 N–H and O–H groups in total. The summed E-state index contributed by atoms with van der Waals surface area (Å²) in [5.74, 6) is 7.56. The number of aliphatic hydroxyl groups is 2. The van der Waals surface area contributed by atoms with Crippen LogP contribution in [0.25, 0.3) is 10.8 Å². The van der Waals surface area contributed by atoms with Crippen LogP contribution in [0.5, 0.6) is 34.5 Å². The van der Waals surface area contributed by atoms with Crippen LogP contribution in [0.2, 0.25) is 0 Å². The lowest BCUT2D eigenvalue weighted by Gasteiger charge is -2.50. The number of allylic oxidation sites excluding steroid dienone is 10. The molecule has 3 spiro atoms. The second kappa shape index (κ2) is 26.4. The third-order valence-corrected chi connectivity index (χ3v) is 26.6. The van der Waals surface area contributed by atoms with E-state index in [-0.39, 0.29) is 113 Å². The molecule has 0 radical (unpaired) electrons. The monoisotopic (exact) mass is 1370 g/mol. The van der Waals surface area contributed by atoms with Crippen LogP contribution < -0.4 is 19.7 Å². The summed E-state index contributed by atoms with van der Waals surface area (Å²) in [7, 11) is 1.52. The van der Waals surface area contributed by atoms with Crippen molar-refractivity contribution in [1.82, 2.24) is 14.9 Å². The topological polar surface area (TPSA) is 216 Å². The number of hydrogen-bond donors (Lipinski definition) is 7. The molecular weight excluding hydrogens is 1280 g/mol. The number of dihydropyridines is 1. The van der Waals surface area contributed by atoms with Crippen LogP contribution in [0.3, 0.4) is 0 Å². The first-order valence-electron chi connectivity index (χ1n) is 37.8. The van der Waals surface area contributed by atoms with Crippen LogP contribution in [0.15, 0.2) is 157 Å². The van der Waals surface area contributed by atoms with Crippen LogP contribution >= 0.6 is 0 Å². The average molecular weight is 1370 g/mol. The Balaban J connectivity index is 0.924. The number of anilines is 1. The Labute approximate surface area is 597 Å². The molecule has 12 aliphatic rings. The van der Waals surface area contributed by atoms with Gasteiger partial charge in [-0.3, -0.25) is 14.4 Å². The number of ketones is 2. The number of aromatic hydroxyl groups is 3. The smallest absolute Gasteiger partial charge is 0.302 e. The van der Waals surface area contributed by atoms with Gasteiger partial charge in [-0.15, -0.1) is 0 Å². The molecule has 3 fully saturated rings. The number of rotatable bonds is 8. The first-order chi connectivity index (χ1) is 49.6. The number of carbonyl (C=O) groups is 3. The number of methoxy groups -OCH3 is 1. The van der Waals surface area contributed by atoms with Crippen molar-refractivity contribution in [1.29, 1.82) is 0 Å². The fourth-order valence-corrected chi connectivity index (χ4v) is 22.0. The van der Waals surface area contributed by atoms with Gasteiger partial charge in [0.1, 0.15) is 40.7 Å². The molecule has 18 rings (SSSR count). The molecule has 15 nitrogen and oxygen atoms in total. The average Bonchev–Trinajstić information content (AvgIpc) is 1.52. The lowest BCUT2D eigenvalue weighted by atomic mass is 9.53. The number of Topliss-reactive ketones (excluding diaryl/α,β-unsaturated/α-hetero) is 2. The molecule has 0 unspecified atom stereocenters. The minimum absolute atomic E-state index is 0.00231. The molecule has 14 bridgehead atoms. The first-order valence-corrected chi connectivity index (χ1v) is 37.8. The molecule has 3 saturated carbocycles. The molecule has 4 aliphatic heterocycles. The van der Waals surface area contributed by atoms with E-state index in [1.807, 2.05) is 24.3 Å². The van der Waals surface area contributed by atoms with Crippen molar-refractivity contribution in [3.8, 4) is 46.3 Å². The van der Waals surface area contributed by atoms with Gasteiger partial charge in [0.15, 0.2) is 11.5 Å². The van der Waals surface area contributed by atoms with Crippen molar-refractivity contribution in [3.63, 3.8) is 0 Å². The maximum Gasteiger partial charge on any atom is 0.302 e. The number of ether oxygens (including phenoxy) is 3. The van der Waals surface area contributed by atoms with Crippen LogP contribution in [-0.2, 0) is 25.5 Å². The lowest BCUT2D eigenvalue weighted by molar-refractivity contribution is -0.148. The molecule has 4 aromatic carbocycles. The van der Waals surface area contributed by atoms with Gasteiger partial charge in [0.05, 0.1) is 30.9 Å². The van der Waals surface area contributed by atoms with Crippen molar-refractivity contribution in [3.05, 3.63) is 196 Å². The number of phenols is 3. The predicted molar refractivity (Wildman–Crippen MR) is 391 cm³/mol. The number of aromatic amines is 1. The summed E-state index contributed by atoms with van der Waals surface area (Å²) < 4.78 is 21.6. The molecule has 2 aromatic heterocycles. The predicted octanol–water partition coefficient (Wildman–Crippen LogP) is 16.2. The molecular formula is C87H94N4O11. The maximum atomic E-state index is 16.2. The number of nitrogens with one attached hydrogen (secondary N) is 2. The number of nitrogens with zero attached hydrogens (tertiary/aromatic N) is 2. The van der Waals surface area contributed by atoms with Gasteiger partial charge in [-0.2, -0.15) is 0 Å². The zero-order valence-electron chi connectivity index (χ0n) is 58.6. The van der Waals surface area contributed by atoms with Crippen molar-refractivity contribution in [2.75, 3.05) is 31.7 Å². The van der Waals surface area contributed by atoms with Crippen LogP contribution in [0.1, 0.15) is 204 Å². The summed E-state index contributed by atoms with van der Waals surface area (Å²) >= 11 is 0. The number of aliphatic hydroxyl groups excluding tert-OH is 2. The van der Waals surface area contributed by atoms with Crippen molar-refractivity contribution >= 4 is 34.0 Å². The molecule has 14 atom stereocenters. The quantitative estimate of drug-likeness (QED) is 0.0429. The first kappa shape index (κ1) is 66.3.